The second-order valence-corrected chi connectivity index (χ2v) is 6.58. The molecular weight excluding hydrogens is 366 g/mol. The number of sulfonamides is 1. The molecule has 0 aromatic heterocycles. The number of esters is 1. The summed E-state index contributed by atoms with van der Waals surface area (Å²) < 4.78 is 31.1. The van der Waals surface area contributed by atoms with Crippen molar-refractivity contribution in [2.24, 2.45) is 0 Å². The largest absolute Gasteiger partial charge is 0.480 e. The summed E-state index contributed by atoms with van der Waals surface area (Å²) in [5, 5.41) is 8.74. The number of carbonyl (C=O) groups is 2. The van der Waals surface area contributed by atoms with Crippen molar-refractivity contribution in [3.8, 4) is 0 Å². The van der Waals surface area contributed by atoms with Gasteiger partial charge in [0.2, 0.25) is 10.0 Å². The highest BCUT2D eigenvalue weighted by Crippen LogP contribution is 2.23. The van der Waals surface area contributed by atoms with Gasteiger partial charge in [0.05, 0.1) is 17.1 Å². The monoisotopic (exact) mass is 379 g/mol. The Morgan fingerprint density at radius 3 is 2.52 bits per heavy atom. The molecule has 7 nitrogen and oxygen atoms in total. The maximum atomic E-state index is 12.1. The minimum absolute atomic E-state index is 0.137. The molecule has 0 amide bonds. The van der Waals surface area contributed by atoms with Gasteiger partial charge >= 0.3 is 11.9 Å². The van der Waals surface area contributed by atoms with E-state index in [9.17, 15) is 18.0 Å². The lowest BCUT2D eigenvalue weighted by Crippen LogP contribution is -2.38. The first-order chi connectivity index (χ1) is 9.69. The third-order valence-corrected chi connectivity index (χ3v) is 4.95. The zero-order valence-corrected chi connectivity index (χ0v) is 13.7. The van der Waals surface area contributed by atoms with E-state index in [0.29, 0.717) is 0 Å². The fourth-order valence-corrected chi connectivity index (χ4v) is 3.68. The van der Waals surface area contributed by atoms with Crippen LogP contribution < -0.4 is 4.72 Å². The molecule has 1 rings (SSSR count). The van der Waals surface area contributed by atoms with E-state index in [-0.39, 0.29) is 21.5 Å². The zero-order valence-electron chi connectivity index (χ0n) is 11.3. The van der Waals surface area contributed by atoms with Crippen LogP contribution in [0, 0.1) is 0 Å². The molecule has 0 saturated carbocycles. The van der Waals surface area contributed by atoms with Gasteiger partial charge in [0, 0.05) is 4.47 Å². The Balaban J connectivity index is 3.09. The summed E-state index contributed by atoms with van der Waals surface area (Å²) >= 11 is 3.05. The Labute approximate surface area is 130 Å². The Bertz CT molecular complexity index is 658. The van der Waals surface area contributed by atoms with E-state index in [2.05, 4.69) is 15.9 Å². The van der Waals surface area contributed by atoms with E-state index >= 15 is 0 Å². The molecule has 1 atom stereocenters. The smallest absolute Gasteiger partial charge is 0.338 e. The van der Waals surface area contributed by atoms with Crippen LogP contribution in [-0.2, 0) is 19.6 Å². The molecule has 0 bridgehead atoms. The van der Waals surface area contributed by atoms with Gasteiger partial charge in [-0.25, -0.2) is 13.2 Å². The van der Waals surface area contributed by atoms with E-state index in [0.717, 1.165) is 0 Å². The second-order valence-electron chi connectivity index (χ2n) is 4.05. The summed E-state index contributed by atoms with van der Waals surface area (Å²) in [6, 6.07) is 2.53. The van der Waals surface area contributed by atoms with Gasteiger partial charge in [-0.15, -0.1) is 0 Å². The number of halogens is 1. The Kier molecular flexibility index (Phi) is 5.87. The van der Waals surface area contributed by atoms with Gasteiger partial charge in [-0.3, -0.25) is 4.79 Å². The first-order valence-corrected chi connectivity index (χ1v) is 8.18. The van der Waals surface area contributed by atoms with Crippen molar-refractivity contribution in [1.82, 2.24) is 4.72 Å². The Hall–Kier alpha value is -1.45. The average Bonchev–Trinajstić information content (AvgIpc) is 2.37. The number of hydrogen-bond acceptors (Lipinski definition) is 5. The van der Waals surface area contributed by atoms with Crippen molar-refractivity contribution in [3.05, 3.63) is 28.2 Å². The van der Waals surface area contributed by atoms with Crippen molar-refractivity contribution in [2.45, 2.75) is 24.8 Å². The van der Waals surface area contributed by atoms with Crippen LogP contribution in [-0.4, -0.2) is 38.1 Å². The molecule has 0 aliphatic carbocycles. The van der Waals surface area contributed by atoms with Gasteiger partial charge in [-0.2, -0.15) is 4.72 Å². The zero-order chi connectivity index (χ0) is 16.2. The lowest BCUT2D eigenvalue weighted by Gasteiger charge is -2.12. The quantitative estimate of drug-likeness (QED) is 0.722. The van der Waals surface area contributed by atoms with E-state index in [1.165, 1.54) is 25.1 Å². The number of ether oxygens (including phenoxy) is 1. The first-order valence-electron chi connectivity index (χ1n) is 5.91. The van der Waals surface area contributed by atoms with Gasteiger partial charge in [0.15, 0.2) is 0 Å². The molecule has 116 valence electrons. The van der Waals surface area contributed by atoms with E-state index in [1.807, 2.05) is 4.72 Å². The maximum absolute atomic E-state index is 12.1. The summed E-state index contributed by atoms with van der Waals surface area (Å²) in [7, 11) is -4.02. The lowest BCUT2D eigenvalue weighted by atomic mass is 10.2. The number of carbonyl (C=O) groups excluding carboxylic acids is 1. The van der Waals surface area contributed by atoms with Gasteiger partial charge in [0.25, 0.3) is 0 Å². The van der Waals surface area contributed by atoms with Crippen LogP contribution in [0.3, 0.4) is 0 Å². The molecule has 0 spiro atoms. The number of rotatable bonds is 6. The average molecular weight is 380 g/mol. The second kappa shape index (κ2) is 7.01. The highest BCUT2D eigenvalue weighted by atomic mass is 79.9. The van der Waals surface area contributed by atoms with Crippen molar-refractivity contribution >= 4 is 37.9 Å². The third kappa shape index (κ3) is 4.51. The molecule has 1 aromatic rings. The number of carboxylic acid groups (broad SMARTS) is 1. The van der Waals surface area contributed by atoms with Crippen molar-refractivity contribution in [3.63, 3.8) is 0 Å². The fraction of sp³-hybridized carbons (Fsp3) is 0.333. The summed E-state index contributed by atoms with van der Waals surface area (Å²) in [5.74, 6) is -1.87. The number of carboxylic acids is 1. The van der Waals surface area contributed by atoms with Crippen LogP contribution in [0.1, 0.15) is 24.2 Å². The maximum Gasteiger partial charge on any atom is 0.338 e. The third-order valence-electron chi connectivity index (χ3n) is 2.43. The van der Waals surface area contributed by atoms with Gasteiger partial charge in [-0.1, -0.05) is 0 Å². The minimum Gasteiger partial charge on any atom is -0.480 e. The predicted octanol–water partition coefficient (Wildman–Crippen LogP) is 1.38. The van der Waals surface area contributed by atoms with E-state index in [4.69, 9.17) is 9.84 Å². The molecule has 2 N–H and O–H groups in total. The minimum atomic E-state index is -4.02. The van der Waals surface area contributed by atoms with Crippen molar-refractivity contribution in [1.29, 1.82) is 0 Å². The number of aliphatic carboxylic acids is 1. The summed E-state index contributed by atoms with van der Waals surface area (Å²) in [6.45, 7) is 3.07. The standard InChI is InChI=1S/C12H14BrNO6S/c1-3-20-12(17)8-4-5-10(9(13)6-8)21(18,19)14-7(2)11(15)16/h4-7,14H,3H2,1-2H3,(H,15,16)/t7-/m0/s1. The Morgan fingerprint density at radius 1 is 1.43 bits per heavy atom. The van der Waals surface area contributed by atoms with Crippen molar-refractivity contribution in [2.75, 3.05) is 6.61 Å². The van der Waals surface area contributed by atoms with Crippen LogP contribution in [0.25, 0.3) is 0 Å². The van der Waals surface area contributed by atoms with E-state index < -0.39 is 28.0 Å². The van der Waals surface area contributed by atoms with Crippen LogP contribution >= 0.6 is 15.9 Å². The summed E-state index contributed by atoms with van der Waals surface area (Å²) in [4.78, 5) is 22.1. The summed E-state index contributed by atoms with van der Waals surface area (Å²) in [6.07, 6.45) is 0. The Morgan fingerprint density at radius 2 is 2.05 bits per heavy atom. The number of nitrogens with one attached hydrogen (secondary N) is 1. The topological polar surface area (TPSA) is 110 Å². The molecule has 9 heteroatoms. The highest BCUT2D eigenvalue weighted by Gasteiger charge is 2.24. The van der Waals surface area contributed by atoms with Gasteiger partial charge in [0.1, 0.15) is 6.04 Å². The molecular formula is C12H14BrNO6S. The number of benzene rings is 1. The molecule has 0 fully saturated rings. The molecule has 1 aromatic carbocycles. The lowest BCUT2D eigenvalue weighted by molar-refractivity contribution is -0.138. The molecule has 0 heterocycles. The molecule has 21 heavy (non-hydrogen) atoms. The van der Waals surface area contributed by atoms with Crippen LogP contribution in [0.4, 0.5) is 0 Å². The van der Waals surface area contributed by atoms with Crippen LogP contribution in [0.2, 0.25) is 0 Å². The van der Waals surface area contributed by atoms with Crippen molar-refractivity contribution < 1.29 is 27.9 Å². The normalized spacial score (nSPS) is 12.7. The van der Waals surface area contributed by atoms with Crippen LogP contribution in [0.5, 0.6) is 0 Å². The van der Waals surface area contributed by atoms with Gasteiger partial charge < -0.3 is 9.84 Å². The molecule has 0 unspecified atom stereocenters. The predicted molar refractivity (Wildman–Crippen MR) is 77.5 cm³/mol. The SMILES string of the molecule is CCOC(=O)c1ccc(S(=O)(=O)N[C@@H](C)C(=O)O)c(Br)c1. The molecule has 0 aliphatic rings. The first kappa shape index (κ1) is 17.6. The van der Waals surface area contributed by atoms with E-state index in [1.54, 1.807) is 6.92 Å². The molecule has 0 radical (unpaired) electrons. The van der Waals surface area contributed by atoms with Gasteiger partial charge in [-0.05, 0) is 48.0 Å². The summed E-state index contributed by atoms with van der Waals surface area (Å²) in [5.41, 5.74) is 0.189. The number of hydrogen-bond donors (Lipinski definition) is 2. The fourth-order valence-electron chi connectivity index (χ4n) is 1.41. The van der Waals surface area contributed by atoms with Crippen LogP contribution in [0.15, 0.2) is 27.6 Å². The molecule has 0 saturated heterocycles. The molecule has 0 aliphatic heterocycles. The highest BCUT2D eigenvalue weighted by molar-refractivity contribution is 9.10.